The Labute approximate surface area is 63.0 Å². The number of hydrogen-bond donors (Lipinski definition) is 3. The Bertz CT molecular complexity index is 163. The molecule has 0 rings (SSSR count). The van der Waals surface area contributed by atoms with E-state index in [0.29, 0.717) is 0 Å². The molecule has 0 aliphatic carbocycles. The zero-order chi connectivity index (χ0) is 10.2. The Hall–Kier alpha value is -0.470. The van der Waals surface area contributed by atoms with E-state index in [1.165, 1.54) is 0 Å². The first kappa shape index (κ1) is 11.5. The van der Waals surface area contributed by atoms with Crippen LogP contribution in [0.3, 0.4) is 0 Å². The monoisotopic (exact) mass is 196 g/mol. The normalized spacial score (nSPS) is 15.0. The first-order valence-corrected chi connectivity index (χ1v) is 2.55. The lowest BCUT2D eigenvalue weighted by molar-refractivity contribution is -0.417. The molecule has 0 bridgehead atoms. The molecule has 8 heteroatoms. The van der Waals surface area contributed by atoms with Gasteiger partial charge in [0.05, 0.1) is 0 Å². The summed E-state index contributed by atoms with van der Waals surface area (Å²) >= 11 is 0. The van der Waals surface area contributed by atoms with Crippen LogP contribution in [0.1, 0.15) is 0 Å². The van der Waals surface area contributed by atoms with E-state index in [2.05, 4.69) is 0 Å². The molecule has 0 saturated carbocycles. The first-order valence-electron chi connectivity index (χ1n) is 2.55. The van der Waals surface area contributed by atoms with Crippen LogP contribution < -0.4 is 0 Å². The average Bonchev–Trinajstić information content (AvgIpc) is 1.85. The fourth-order valence-electron chi connectivity index (χ4n) is 0.325. The summed E-state index contributed by atoms with van der Waals surface area (Å²) in [7, 11) is 0. The minimum absolute atomic E-state index is 2.53. The summed E-state index contributed by atoms with van der Waals surface area (Å²) < 4.78 is 58.3. The number of hydrogen-bond acceptors (Lipinski definition) is 3. The van der Waals surface area contributed by atoms with Crippen molar-refractivity contribution in [2.45, 2.75) is 17.8 Å². The minimum Gasteiger partial charge on any atom is -0.359 e. The molecule has 0 aromatic heterocycles. The summed E-state index contributed by atoms with van der Waals surface area (Å²) in [6.45, 7) is -2.53. The summed E-state index contributed by atoms with van der Waals surface area (Å²) in [5, 5.41) is 23.4. The molecule has 0 aromatic rings. The van der Waals surface area contributed by atoms with E-state index in [0.717, 1.165) is 0 Å². The van der Waals surface area contributed by atoms with Crippen molar-refractivity contribution in [2.24, 2.45) is 0 Å². The Morgan fingerprint density at radius 2 is 1.25 bits per heavy atom. The second kappa shape index (κ2) is 2.79. The van der Waals surface area contributed by atoms with Crippen LogP contribution in [0.4, 0.5) is 22.0 Å². The molecule has 0 spiro atoms. The van der Waals surface area contributed by atoms with E-state index in [1.807, 2.05) is 0 Å². The van der Waals surface area contributed by atoms with E-state index >= 15 is 0 Å². The van der Waals surface area contributed by atoms with E-state index < -0.39 is 24.5 Å². The Morgan fingerprint density at radius 1 is 0.917 bits per heavy atom. The van der Waals surface area contributed by atoms with Crippen LogP contribution in [-0.2, 0) is 0 Å². The molecule has 0 fully saturated rings. The number of alkyl halides is 5. The third-order valence-electron chi connectivity index (χ3n) is 1.07. The summed E-state index contributed by atoms with van der Waals surface area (Å²) in [6, 6.07) is 0. The molecule has 0 aliphatic heterocycles. The summed E-state index contributed by atoms with van der Waals surface area (Å²) in [5.41, 5.74) is 0. The molecule has 3 N–H and O–H groups in total. The predicted molar refractivity (Wildman–Crippen MR) is 25.3 cm³/mol. The quantitative estimate of drug-likeness (QED) is 0.434. The van der Waals surface area contributed by atoms with Gasteiger partial charge in [0.2, 0.25) is 0 Å². The molecule has 0 unspecified atom stereocenters. The van der Waals surface area contributed by atoms with Crippen molar-refractivity contribution in [1.82, 2.24) is 0 Å². The highest BCUT2D eigenvalue weighted by Crippen LogP contribution is 2.39. The van der Waals surface area contributed by atoms with Crippen molar-refractivity contribution < 1.29 is 37.3 Å². The van der Waals surface area contributed by atoms with Gasteiger partial charge in [-0.05, 0) is 0 Å². The van der Waals surface area contributed by atoms with E-state index in [4.69, 9.17) is 15.3 Å². The lowest BCUT2D eigenvalue weighted by Gasteiger charge is -2.30. The van der Waals surface area contributed by atoms with Gasteiger partial charge in [0.15, 0.2) is 0 Å². The molecule has 0 saturated heterocycles. The molecule has 0 amide bonds. The van der Waals surface area contributed by atoms with Crippen molar-refractivity contribution in [3.63, 3.8) is 0 Å². The van der Waals surface area contributed by atoms with Gasteiger partial charge in [0, 0.05) is 0 Å². The molecule has 0 heterocycles. The van der Waals surface area contributed by atoms with Crippen molar-refractivity contribution in [2.75, 3.05) is 6.67 Å². The van der Waals surface area contributed by atoms with E-state index in [1.54, 1.807) is 0 Å². The molecular formula is C4H5F5O3. The molecule has 0 aromatic carbocycles. The van der Waals surface area contributed by atoms with Gasteiger partial charge in [-0.15, -0.1) is 0 Å². The van der Waals surface area contributed by atoms with Gasteiger partial charge in [-0.3, -0.25) is 0 Å². The Balaban J connectivity index is 4.85. The molecule has 74 valence electrons. The standard InChI is InChI=1S/C4H5F5O3/c5-1-2(10,11)3(6,7)4(8,9)12/h10-12H,1H2. The summed E-state index contributed by atoms with van der Waals surface area (Å²) in [5.74, 6) is -10.2. The largest absolute Gasteiger partial charge is 0.422 e. The highest BCUT2D eigenvalue weighted by Gasteiger charge is 2.68. The van der Waals surface area contributed by atoms with Gasteiger partial charge in [0.1, 0.15) is 6.67 Å². The van der Waals surface area contributed by atoms with E-state index in [-0.39, 0.29) is 0 Å². The van der Waals surface area contributed by atoms with Crippen LogP contribution in [0.15, 0.2) is 0 Å². The number of halogens is 5. The van der Waals surface area contributed by atoms with Gasteiger partial charge in [-0.1, -0.05) is 0 Å². The predicted octanol–water partition coefficient (Wildman–Crippen LogP) is -0.143. The van der Waals surface area contributed by atoms with Gasteiger partial charge >= 0.3 is 12.0 Å². The molecule has 0 radical (unpaired) electrons. The van der Waals surface area contributed by atoms with Gasteiger partial charge < -0.3 is 15.3 Å². The highest BCUT2D eigenvalue weighted by molar-refractivity contribution is 4.89. The molecule has 0 atom stereocenters. The van der Waals surface area contributed by atoms with Crippen molar-refractivity contribution in [3.8, 4) is 0 Å². The number of rotatable bonds is 3. The SMILES string of the molecule is OC(F)(F)C(F)(F)C(O)(O)CF. The molecule has 3 nitrogen and oxygen atoms in total. The zero-order valence-corrected chi connectivity index (χ0v) is 5.44. The summed E-state index contributed by atoms with van der Waals surface area (Å²) in [6.07, 6.45) is -5.69. The molecular weight excluding hydrogens is 191 g/mol. The Morgan fingerprint density at radius 3 is 1.33 bits per heavy atom. The van der Waals surface area contributed by atoms with Crippen molar-refractivity contribution in [1.29, 1.82) is 0 Å². The van der Waals surface area contributed by atoms with Crippen molar-refractivity contribution >= 4 is 0 Å². The Kier molecular flexibility index (Phi) is 2.68. The summed E-state index contributed by atoms with van der Waals surface area (Å²) in [4.78, 5) is 0. The maximum absolute atomic E-state index is 12.0. The van der Waals surface area contributed by atoms with Gasteiger partial charge in [-0.2, -0.15) is 17.6 Å². The number of aliphatic hydroxyl groups is 3. The van der Waals surface area contributed by atoms with Crippen LogP contribution in [0.5, 0.6) is 0 Å². The fourth-order valence-corrected chi connectivity index (χ4v) is 0.325. The maximum atomic E-state index is 12.0. The second-order valence-corrected chi connectivity index (χ2v) is 2.07. The third kappa shape index (κ3) is 1.65. The lowest BCUT2D eigenvalue weighted by Crippen LogP contribution is -2.60. The maximum Gasteiger partial charge on any atom is 0.422 e. The van der Waals surface area contributed by atoms with Gasteiger partial charge in [-0.25, -0.2) is 4.39 Å². The van der Waals surface area contributed by atoms with Crippen LogP contribution in [0.25, 0.3) is 0 Å². The average molecular weight is 196 g/mol. The topological polar surface area (TPSA) is 60.7 Å². The smallest absolute Gasteiger partial charge is 0.359 e. The molecule has 12 heavy (non-hydrogen) atoms. The fraction of sp³-hybridized carbons (Fsp3) is 1.00. The second-order valence-electron chi connectivity index (χ2n) is 2.07. The van der Waals surface area contributed by atoms with Crippen LogP contribution in [0.2, 0.25) is 0 Å². The first-order chi connectivity index (χ1) is 5.06. The van der Waals surface area contributed by atoms with Gasteiger partial charge in [0.25, 0.3) is 5.79 Å². The lowest BCUT2D eigenvalue weighted by atomic mass is 10.1. The van der Waals surface area contributed by atoms with Crippen LogP contribution >= 0.6 is 0 Å². The van der Waals surface area contributed by atoms with E-state index in [9.17, 15) is 22.0 Å². The highest BCUT2D eigenvalue weighted by atomic mass is 19.3. The van der Waals surface area contributed by atoms with Crippen molar-refractivity contribution in [3.05, 3.63) is 0 Å². The third-order valence-corrected chi connectivity index (χ3v) is 1.07. The zero-order valence-electron chi connectivity index (χ0n) is 5.44. The molecule has 0 aliphatic rings. The van der Waals surface area contributed by atoms with Crippen LogP contribution in [-0.4, -0.2) is 39.8 Å². The minimum atomic E-state index is -5.69. The van der Waals surface area contributed by atoms with Crippen LogP contribution in [0, 0.1) is 0 Å².